The van der Waals surface area contributed by atoms with Crippen molar-refractivity contribution in [3.8, 4) is 0 Å². The number of carbonyl (C=O) groups is 2. The third-order valence-electron chi connectivity index (χ3n) is 4.57. The second-order valence-corrected chi connectivity index (χ2v) is 8.11. The van der Waals surface area contributed by atoms with Gasteiger partial charge < -0.3 is 10.2 Å². The number of hydrogen-bond donors (Lipinski definition) is 1. The molecule has 0 saturated carbocycles. The van der Waals surface area contributed by atoms with Crippen LogP contribution in [-0.4, -0.2) is 28.5 Å². The lowest BCUT2D eigenvalue weighted by Crippen LogP contribution is -2.49. The van der Waals surface area contributed by atoms with Crippen LogP contribution in [-0.2, 0) is 16.1 Å². The molecular formula is C21H22F2N2O2S. The van der Waals surface area contributed by atoms with Crippen molar-refractivity contribution in [3.63, 3.8) is 0 Å². The summed E-state index contributed by atoms with van der Waals surface area (Å²) in [4.78, 5) is 27.2. The predicted octanol–water partition coefficient (Wildman–Crippen LogP) is 3.88. The van der Waals surface area contributed by atoms with Gasteiger partial charge >= 0.3 is 0 Å². The molecule has 4 nitrogen and oxygen atoms in total. The Morgan fingerprint density at radius 2 is 1.86 bits per heavy atom. The number of carbonyl (C=O) groups excluding carboxylic acids is 2. The first-order valence-electron chi connectivity index (χ1n) is 9.08. The zero-order valence-electron chi connectivity index (χ0n) is 15.7. The predicted molar refractivity (Wildman–Crippen MR) is 105 cm³/mol. The molecule has 148 valence electrons. The van der Waals surface area contributed by atoms with Crippen molar-refractivity contribution >= 4 is 23.6 Å². The van der Waals surface area contributed by atoms with Gasteiger partial charge in [-0.25, -0.2) is 8.78 Å². The number of nitrogens with one attached hydrogen (secondary N) is 1. The van der Waals surface area contributed by atoms with Crippen molar-refractivity contribution in [3.05, 3.63) is 71.3 Å². The lowest BCUT2D eigenvalue weighted by atomic mass is 10.1. The van der Waals surface area contributed by atoms with Crippen molar-refractivity contribution in [2.24, 2.45) is 5.92 Å². The SMILES string of the molecule is CC(C)C(=O)N1[C@@H](C(=O)NCc2ccc(F)cc2)CS[C@@H]1c1cccc(F)c1. The molecule has 0 aromatic heterocycles. The quantitative estimate of drug-likeness (QED) is 0.823. The van der Waals surface area contributed by atoms with Crippen LogP contribution in [0, 0.1) is 17.6 Å². The van der Waals surface area contributed by atoms with Crippen molar-refractivity contribution < 1.29 is 18.4 Å². The molecular weight excluding hydrogens is 382 g/mol. The summed E-state index contributed by atoms with van der Waals surface area (Å²) in [7, 11) is 0. The van der Waals surface area contributed by atoms with Crippen LogP contribution in [0.25, 0.3) is 0 Å². The molecule has 2 amide bonds. The van der Waals surface area contributed by atoms with Crippen LogP contribution >= 0.6 is 11.8 Å². The van der Waals surface area contributed by atoms with E-state index in [1.807, 2.05) is 0 Å². The zero-order valence-corrected chi connectivity index (χ0v) is 16.5. The fourth-order valence-corrected chi connectivity index (χ4v) is 4.53. The Balaban J connectivity index is 1.77. The minimum absolute atomic E-state index is 0.152. The summed E-state index contributed by atoms with van der Waals surface area (Å²) in [5.74, 6) is -1.00. The van der Waals surface area contributed by atoms with Crippen molar-refractivity contribution in [1.29, 1.82) is 0 Å². The highest BCUT2D eigenvalue weighted by atomic mass is 32.2. The van der Waals surface area contributed by atoms with Crippen LogP contribution in [0.4, 0.5) is 8.78 Å². The lowest BCUT2D eigenvalue weighted by Gasteiger charge is -2.30. The van der Waals surface area contributed by atoms with Gasteiger partial charge in [-0.3, -0.25) is 9.59 Å². The molecule has 1 aliphatic rings. The monoisotopic (exact) mass is 404 g/mol. The zero-order chi connectivity index (χ0) is 20.3. The van der Waals surface area contributed by atoms with E-state index in [2.05, 4.69) is 5.32 Å². The van der Waals surface area contributed by atoms with Gasteiger partial charge in [-0.15, -0.1) is 11.8 Å². The van der Waals surface area contributed by atoms with E-state index >= 15 is 0 Å². The highest BCUT2D eigenvalue weighted by Crippen LogP contribution is 2.42. The number of halogens is 2. The molecule has 1 N–H and O–H groups in total. The number of rotatable bonds is 5. The molecule has 0 unspecified atom stereocenters. The first-order valence-corrected chi connectivity index (χ1v) is 10.1. The van der Waals surface area contributed by atoms with E-state index < -0.39 is 11.4 Å². The minimum Gasteiger partial charge on any atom is -0.350 e. The Kier molecular flexibility index (Phi) is 6.34. The van der Waals surface area contributed by atoms with E-state index in [1.165, 1.54) is 36.0 Å². The van der Waals surface area contributed by atoms with Gasteiger partial charge in [0, 0.05) is 18.2 Å². The molecule has 2 aromatic rings. The van der Waals surface area contributed by atoms with Crippen LogP contribution in [0.2, 0.25) is 0 Å². The molecule has 2 aromatic carbocycles. The molecule has 1 heterocycles. The summed E-state index contributed by atoms with van der Waals surface area (Å²) in [6.45, 7) is 3.80. The second-order valence-electron chi connectivity index (χ2n) is 7.00. The van der Waals surface area contributed by atoms with Crippen LogP contribution in [0.5, 0.6) is 0 Å². The summed E-state index contributed by atoms with van der Waals surface area (Å²) in [5, 5.41) is 2.41. The number of amides is 2. The van der Waals surface area contributed by atoms with Crippen molar-refractivity contribution in [1.82, 2.24) is 10.2 Å². The van der Waals surface area contributed by atoms with E-state index in [0.29, 0.717) is 11.3 Å². The maximum Gasteiger partial charge on any atom is 0.243 e. The molecule has 1 saturated heterocycles. The molecule has 7 heteroatoms. The Bertz CT molecular complexity index is 858. The first-order chi connectivity index (χ1) is 13.4. The molecule has 2 atom stereocenters. The van der Waals surface area contributed by atoms with Gasteiger partial charge in [-0.05, 0) is 35.4 Å². The minimum atomic E-state index is -0.645. The normalized spacial score (nSPS) is 19.1. The van der Waals surface area contributed by atoms with Gasteiger partial charge in [0.2, 0.25) is 11.8 Å². The fourth-order valence-electron chi connectivity index (χ4n) is 3.10. The molecule has 0 aliphatic carbocycles. The van der Waals surface area contributed by atoms with Gasteiger partial charge in [0.1, 0.15) is 23.1 Å². The van der Waals surface area contributed by atoms with Gasteiger partial charge in [0.25, 0.3) is 0 Å². The first kappa shape index (κ1) is 20.3. The summed E-state index contributed by atoms with van der Waals surface area (Å²) >= 11 is 1.45. The summed E-state index contributed by atoms with van der Waals surface area (Å²) < 4.78 is 26.7. The van der Waals surface area contributed by atoms with E-state index in [-0.39, 0.29) is 35.9 Å². The van der Waals surface area contributed by atoms with Gasteiger partial charge in [0.05, 0.1) is 0 Å². The van der Waals surface area contributed by atoms with E-state index in [0.717, 1.165) is 5.56 Å². The molecule has 0 radical (unpaired) electrons. The number of hydrogen-bond acceptors (Lipinski definition) is 3. The van der Waals surface area contributed by atoms with E-state index in [1.54, 1.807) is 43.0 Å². The largest absolute Gasteiger partial charge is 0.350 e. The Hall–Kier alpha value is -2.41. The van der Waals surface area contributed by atoms with Crippen LogP contribution in [0.3, 0.4) is 0 Å². The highest BCUT2D eigenvalue weighted by molar-refractivity contribution is 7.99. The topological polar surface area (TPSA) is 49.4 Å². The molecule has 1 aliphatic heterocycles. The average molecular weight is 404 g/mol. The third kappa shape index (κ3) is 4.52. The van der Waals surface area contributed by atoms with Gasteiger partial charge in [-0.1, -0.05) is 38.1 Å². The van der Waals surface area contributed by atoms with Gasteiger partial charge in [0.15, 0.2) is 0 Å². The number of nitrogens with zero attached hydrogens (tertiary/aromatic N) is 1. The van der Waals surface area contributed by atoms with Crippen molar-refractivity contribution in [2.75, 3.05) is 5.75 Å². The number of benzene rings is 2. The third-order valence-corrected chi connectivity index (χ3v) is 5.89. The maximum absolute atomic E-state index is 13.7. The molecule has 0 spiro atoms. The molecule has 1 fully saturated rings. The van der Waals surface area contributed by atoms with Crippen LogP contribution < -0.4 is 5.32 Å². The standard InChI is InChI=1S/C21H22F2N2O2S/c1-13(2)20(27)25-18(12-28-21(25)15-4-3-5-17(23)10-15)19(26)24-11-14-6-8-16(22)9-7-14/h3-10,13,18,21H,11-12H2,1-2H3,(H,24,26)/t18-,21-/m1/s1. The van der Waals surface area contributed by atoms with E-state index in [9.17, 15) is 18.4 Å². The Morgan fingerprint density at radius 1 is 1.14 bits per heavy atom. The maximum atomic E-state index is 13.7. The molecule has 28 heavy (non-hydrogen) atoms. The van der Waals surface area contributed by atoms with E-state index in [4.69, 9.17) is 0 Å². The van der Waals surface area contributed by atoms with Crippen molar-refractivity contribution in [2.45, 2.75) is 31.8 Å². The lowest BCUT2D eigenvalue weighted by molar-refractivity contribution is -0.142. The highest BCUT2D eigenvalue weighted by Gasteiger charge is 2.42. The van der Waals surface area contributed by atoms with Gasteiger partial charge in [-0.2, -0.15) is 0 Å². The number of thioether (sulfide) groups is 1. The Morgan fingerprint density at radius 3 is 2.50 bits per heavy atom. The smallest absolute Gasteiger partial charge is 0.243 e. The average Bonchev–Trinajstić information content (AvgIpc) is 3.11. The van der Waals surface area contributed by atoms with Crippen LogP contribution in [0.15, 0.2) is 48.5 Å². The molecule has 0 bridgehead atoms. The van der Waals surface area contributed by atoms with Crippen LogP contribution in [0.1, 0.15) is 30.3 Å². The summed E-state index contributed by atoms with van der Waals surface area (Å²) in [5.41, 5.74) is 1.43. The fraction of sp³-hybridized carbons (Fsp3) is 0.333. The second kappa shape index (κ2) is 8.73. The summed E-state index contributed by atoms with van der Waals surface area (Å²) in [6, 6.07) is 11.3. The Labute approximate surface area is 167 Å². The summed E-state index contributed by atoms with van der Waals surface area (Å²) in [6.07, 6.45) is 0. The molecule has 3 rings (SSSR count).